The molecular formula is C14H24N4O2. The molecule has 1 aromatic rings. The van der Waals surface area contributed by atoms with Crippen molar-refractivity contribution in [3.8, 4) is 0 Å². The number of aromatic nitrogens is 2. The van der Waals surface area contributed by atoms with Gasteiger partial charge in [-0.05, 0) is 6.92 Å². The average Bonchev–Trinajstić information content (AvgIpc) is 2.94. The van der Waals surface area contributed by atoms with Crippen LogP contribution in [0.2, 0.25) is 0 Å². The molecule has 1 aromatic heterocycles. The van der Waals surface area contributed by atoms with Crippen molar-refractivity contribution < 1.29 is 9.53 Å². The molecule has 0 amide bonds. The molecule has 0 atom stereocenters. The van der Waals surface area contributed by atoms with Gasteiger partial charge in [0.1, 0.15) is 0 Å². The van der Waals surface area contributed by atoms with E-state index in [0.29, 0.717) is 6.42 Å². The van der Waals surface area contributed by atoms with Crippen molar-refractivity contribution in [2.24, 2.45) is 0 Å². The zero-order valence-electron chi connectivity index (χ0n) is 12.4. The maximum atomic E-state index is 11.1. The summed E-state index contributed by atoms with van der Waals surface area (Å²) in [4.78, 5) is 15.9. The van der Waals surface area contributed by atoms with Gasteiger partial charge in [-0.25, -0.2) is 0 Å². The van der Waals surface area contributed by atoms with E-state index < -0.39 is 0 Å². The van der Waals surface area contributed by atoms with E-state index in [-0.39, 0.29) is 5.97 Å². The molecule has 1 fully saturated rings. The maximum Gasteiger partial charge on any atom is 0.306 e. The Morgan fingerprint density at radius 1 is 1.30 bits per heavy atom. The molecule has 6 heteroatoms. The van der Waals surface area contributed by atoms with Gasteiger partial charge >= 0.3 is 5.97 Å². The number of piperazine rings is 1. The van der Waals surface area contributed by atoms with E-state index in [4.69, 9.17) is 0 Å². The van der Waals surface area contributed by atoms with Crippen molar-refractivity contribution in [1.82, 2.24) is 19.6 Å². The van der Waals surface area contributed by atoms with E-state index >= 15 is 0 Å². The fraction of sp³-hybridized carbons (Fsp3) is 0.714. The van der Waals surface area contributed by atoms with Gasteiger partial charge in [0.05, 0.1) is 19.7 Å². The molecule has 0 unspecified atom stereocenters. The molecule has 0 spiro atoms. The lowest BCUT2D eigenvalue weighted by Gasteiger charge is -2.34. The Labute approximate surface area is 120 Å². The van der Waals surface area contributed by atoms with Crippen LogP contribution in [0.25, 0.3) is 0 Å². The molecule has 2 rings (SSSR count). The van der Waals surface area contributed by atoms with Crippen LogP contribution in [-0.4, -0.2) is 65.4 Å². The number of rotatable bonds is 6. The minimum absolute atomic E-state index is 0.126. The third-order valence-electron chi connectivity index (χ3n) is 3.74. The third kappa shape index (κ3) is 4.31. The van der Waals surface area contributed by atoms with Gasteiger partial charge in [0.2, 0.25) is 0 Å². The largest absolute Gasteiger partial charge is 0.469 e. The topological polar surface area (TPSA) is 50.6 Å². The lowest BCUT2D eigenvalue weighted by Crippen LogP contribution is -2.46. The van der Waals surface area contributed by atoms with Gasteiger partial charge < -0.3 is 9.64 Å². The second-order valence-electron chi connectivity index (χ2n) is 5.15. The van der Waals surface area contributed by atoms with Gasteiger partial charge in [-0.1, -0.05) is 0 Å². The Bertz CT molecular complexity index is 425. The first-order valence-electron chi connectivity index (χ1n) is 7.24. The van der Waals surface area contributed by atoms with Gasteiger partial charge in [0.15, 0.2) is 0 Å². The van der Waals surface area contributed by atoms with Crippen LogP contribution < -0.4 is 0 Å². The average molecular weight is 280 g/mol. The third-order valence-corrected chi connectivity index (χ3v) is 3.74. The van der Waals surface area contributed by atoms with Crippen LogP contribution in [0.5, 0.6) is 0 Å². The predicted octanol–water partition coefficient (Wildman–Crippen LogP) is 0.584. The molecule has 0 aromatic carbocycles. The molecule has 0 bridgehead atoms. The van der Waals surface area contributed by atoms with Crippen molar-refractivity contribution in [3.05, 3.63) is 18.0 Å². The molecule has 112 valence electrons. The second-order valence-corrected chi connectivity index (χ2v) is 5.15. The van der Waals surface area contributed by atoms with Crippen LogP contribution in [0.1, 0.15) is 18.9 Å². The molecule has 1 saturated heterocycles. The summed E-state index contributed by atoms with van der Waals surface area (Å²) < 4.78 is 6.63. The zero-order chi connectivity index (χ0) is 14.4. The van der Waals surface area contributed by atoms with Gasteiger partial charge in [-0.3, -0.25) is 14.4 Å². The van der Waals surface area contributed by atoms with Crippen LogP contribution in [0, 0.1) is 0 Å². The maximum absolute atomic E-state index is 11.1. The molecule has 0 radical (unpaired) electrons. The fourth-order valence-electron chi connectivity index (χ4n) is 2.44. The van der Waals surface area contributed by atoms with Crippen LogP contribution in [0.15, 0.2) is 12.4 Å². The number of aryl methyl sites for hydroxylation is 1. The molecule has 1 aliphatic heterocycles. The van der Waals surface area contributed by atoms with E-state index in [1.165, 1.54) is 12.7 Å². The number of ether oxygens (including phenoxy) is 1. The van der Waals surface area contributed by atoms with Gasteiger partial charge in [-0.2, -0.15) is 5.10 Å². The smallest absolute Gasteiger partial charge is 0.306 e. The minimum Gasteiger partial charge on any atom is -0.469 e. The Kier molecular flexibility index (Phi) is 5.55. The van der Waals surface area contributed by atoms with Crippen molar-refractivity contribution in [2.75, 3.05) is 39.8 Å². The molecule has 2 heterocycles. The first-order valence-corrected chi connectivity index (χ1v) is 7.24. The molecule has 20 heavy (non-hydrogen) atoms. The lowest BCUT2D eigenvalue weighted by molar-refractivity contribution is -0.141. The summed E-state index contributed by atoms with van der Waals surface area (Å²) in [5.74, 6) is -0.126. The summed E-state index contributed by atoms with van der Waals surface area (Å²) in [6, 6.07) is 0. The predicted molar refractivity (Wildman–Crippen MR) is 76.3 cm³/mol. The van der Waals surface area contributed by atoms with Crippen molar-refractivity contribution >= 4 is 5.97 Å². The van der Waals surface area contributed by atoms with E-state index in [9.17, 15) is 4.79 Å². The molecule has 6 nitrogen and oxygen atoms in total. The molecule has 0 N–H and O–H groups in total. The van der Waals surface area contributed by atoms with Crippen molar-refractivity contribution in [1.29, 1.82) is 0 Å². The molecule has 0 aliphatic carbocycles. The monoisotopic (exact) mass is 280 g/mol. The number of esters is 1. The Balaban J connectivity index is 1.70. The van der Waals surface area contributed by atoms with Crippen molar-refractivity contribution in [2.45, 2.75) is 26.4 Å². The highest BCUT2D eigenvalue weighted by atomic mass is 16.5. The summed E-state index contributed by atoms with van der Waals surface area (Å²) in [6.07, 6.45) is 4.55. The minimum atomic E-state index is -0.126. The quantitative estimate of drug-likeness (QED) is 0.714. The van der Waals surface area contributed by atoms with Crippen LogP contribution >= 0.6 is 0 Å². The fourth-order valence-corrected chi connectivity index (χ4v) is 2.44. The lowest BCUT2D eigenvalue weighted by atomic mass is 10.2. The summed E-state index contributed by atoms with van der Waals surface area (Å²) in [5.41, 5.74) is 1.27. The second kappa shape index (κ2) is 7.40. The SMILES string of the molecule is CCn1cc(CN2CCN(CCC(=O)OC)CC2)cn1. The van der Waals surface area contributed by atoms with Crippen LogP contribution in [0.3, 0.4) is 0 Å². The van der Waals surface area contributed by atoms with Gasteiger partial charge in [0, 0.05) is 57.6 Å². The normalized spacial score (nSPS) is 17.3. The number of carbonyl (C=O) groups excluding carboxylic acids is 1. The van der Waals surface area contributed by atoms with E-state index in [1.807, 2.05) is 10.9 Å². The Morgan fingerprint density at radius 2 is 2.00 bits per heavy atom. The first-order chi connectivity index (χ1) is 9.71. The molecule has 0 saturated carbocycles. The number of hydrogen-bond acceptors (Lipinski definition) is 5. The standard InChI is InChI=1S/C14H24N4O2/c1-3-18-12-13(10-15-18)11-17-8-6-16(7-9-17)5-4-14(19)20-2/h10,12H,3-9,11H2,1-2H3. The summed E-state index contributed by atoms with van der Waals surface area (Å²) >= 11 is 0. The highest BCUT2D eigenvalue weighted by Gasteiger charge is 2.18. The summed E-state index contributed by atoms with van der Waals surface area (Å²) in [6.45, 7) is 8.88. The number of nitrogens with zero attached hydrogens (tertiary/aromatic N) is 4. The van der Waals surface area contributed by atoms with E-state index in [2.05, 4.69) is 32.8 Å². The van der Waals surface area contributed by atoms with Crippen LogP contribution in [-0.2, 0) is 22.6 Å². The number of methoxy groups -OCH3 is 1. The number of carbonyl (C=O) groups is 1. The highest BCUT2D eigenvalue weighted by Crippen LogP contribution is 2.08. The van der Waals surface area contributed by atoms with Gasteiger partial charge in [-0.15, -0.1) is 0 Å². The molecular weight excluding hydrogens is 256 g/mol. The van der Waals surface area contributed by atoms with Crippen molar-refractivity contribution in [3.63, 3.8) is 0 Å². The highest BCUT2D eigenvalue weighted by molar-refractivity contribution is 5.69. The van der Waals surface area contributed by atoms with E-state index in [1.54, 1.807) is 0 Å². The van der Waals surface area contributed by atoms with Crippen LogP contribution in [0.4, 0.5) is 0 Å². The summed E-state index contributed by atoms with van der Waals surface area (Å²) in [7, 11) is 1.44. The summed E-state index contributed by atoms with van der Waals surface area (Å²) in [5, 5.41) is 4.30. The Hall–Kier alpha value is -1.40. The van der Waals surface area contributed by atoms with Gasteiger partial charge in [0.25, 0.3) is 0 Å². The zero-order valence-corrected chi connectivity index (χ0v) is 12.4. The number of hydrogen-bond donors (Lipinski definition) is 0. The van der Waals surface area contributed by atoms with E-state index in [0.717, 1.165) is 45.8 Å². The molecule has 1 aliphatic rings. The Morgan fingerprint density at radius 3 is 2.60 bits per heavy atom. The first kappa shape index (κ1) is 15.0.